The number of halogens is 1. The van der Waals surface area contributed by atoms with E-state index < -0.39 is 34.8 Å². The van der Waals surface area contributed by atoms with Gasteiger partial charge in [-0.05, 0) is 11.1 Å². The van der Waals surface area contributed by atoms with Gasteiger partial charge < -0.3 is 25.5 Å². The Balaban J connectivity index is 1.32. The number of aromatic nitrogens is 2. The van der Waals surface area contributed by atoms with E-state index in [4.69, 9.17) is 26.9 Å². The number of ether oxygens (including phenoxy) is 1. The molecule has 2 unspecified atom stereocenters. The van der Waals surface area contributed by atoms with E-state index in [0.29, 0.717) is 0 Å². The molecule has 3 heterocycles. The first kappa shape index (κ1) is 28.6. The third-order valence-corrected chi connectivity index (χ3v) is 8.88. The van der Waals surface area contributed by atoms with Gasteiger partial charge in [0.05, 0.1) is 0 Å². The maximum atomic E-state index is 13.8. The van der Waals surface area contributed by atoms with Crippen molar-refractivity contribution in [3.8, 4) is 0 Å². The van der Waals surface area contributed by atoms with Crippen LogP contribution in [0.25, 0.3) is 0 Å². The average Bonchev–Trinajstić information content (AvgIpc) is 3.43. The van der Waals surface area contributed by atoms with Crippen molar-refractivity contribution in [3.05, 3.63) is 89.2 Å². The number of fused-ring (bicyclic) bond motifs is 1. The van der Waals surface area contributed by atoms with Gasteiger partial charge in [-0.15, -0.1) is 11.8 Å². The highest BCUT2D eigenvalue weighted by Crippen LogP contribution is 2.44. The van der Waals surface area contributed by atoms with Gasteiger partial charge in [0.1, 0.15) is 23.9 Å². The Labute approximate surface area is 248 Å². The molecule has 3 aromatic rings. The zero-order chi connectivity index (χ0) is 29.0. The van der Waals surface area contributed by atoms with Gasteiger partial charge in [0.15, 0.2) is 11.2 Å². The van der Waals surface area contributed by atoms with Crippen LogP contribution >= 0.6 is 34.9 Å². The van der Waals surface area contributed by atoms with Crippen LogP contribution in [0.4, 0.5) is 5.13 Å². The van der Waals surface area contributed by atoms with Gasteiger partial charge >= 0.3 is 5.97 Å². The van der Waals surface area contributed by atoms with Crippen molar-refractivity contribution in [3.63, 3.8) is 0 Å². The molecule has 11 nitrogen and oxygen atoms in total. The highest BCUT2D eigenvalue weighted by Gasteiger charge is 2.57. The molecule has 2 saturated heterocycles. The zero-order valence-electron chi connectivity index (χ0n) is 21.7. The maximum absolute atomic E-state index is 13.8. The quantitative estimate of drug-likeness (QED) is 0.161. The molecule has 0 spiro atoms. The molecule has 41 heavy (non-hydrogen) atoms. The van der Waals surface area contributed by atoms with Crippen molar-refractivity contribution in [2.24, 2.45) is 10.6 Å². The van der Waals surface area contributed by atoms with E-state index in [2.05, 4.69) is 19.8 Å². The number of benzene rings is 2. The van der Waals surface area contributed by atoms with E-state index in [1.165, 1.54) is 29.3 Å². The number of hydrogen-bond donors (Lipinski definition) is 2. The first-order valence-electron chi connectivity index (χ1n) is 12.4. The summed E-state index contributed by atoms with van der Waals surface area (Å²) in [6.45, 7) is 0.0391. The molecule has 3 atom stereocenters. The van der Waals surface area contributed by atoms with Crippen molar-refractivity contribution in [1.82, 2.24) is 19.6 Å². The van der Waals surface area contributed by atoms with E-state index in [9.17, 15) is 14.4 Å². The molecular weight excluding hydrogens is 588 g/mol. The highest BCUT2D eigenvalue weighted by atomic mass is 35.5. The molecule has 2 amide bonds. The fourth-order valence-electron chi connectivity index (χ4n) is 4.63. The van der Waals surface area contributed by atoms with Crippen molar-refractivity contribution < 1.29 is 24.0 Å². The van der Waals surface area contributed by atoms with Crippen LogP contribution in [-0.4, -0.2) is 68.6 Å². The summed E-state index contributed by atoms with van der Waals surface area (Å²) in [7, 11) is 1.28. The van der Waals surface area contributed by atoms with Gasteiger partial charge in [0.2, 0.25) is 17.4 Å². The molecule has 2 aromatic carbocycles. The summed E-state index contributed by atoms with van der Waals surface area (Å²) in [6.07, 6.45) is 0.910. The second-order valence-corrected chi connectivity index (χ2v) is 11.4. The molecular formula is C27H25ClN6O5S2. The minimum absolute atomic E-state index is 0.00725. The van der Waals surface area contributed by atoms with Crippen LogP contribution in [0, 0.1) is 5.41 Å². The molecule has 0 bridgehead atoms. The van der Waals surface area contributed by atoms with E-state index in [1.807, 2.05) is 60.7 Å². The Morgan fingerprint density at radius 1 is 1.20 bits per heavy atom. The van der Waals surface area contributed by atoms with Crippen molar-refractivity contribution in [1.29, 1.82) is 0 Å². The standard InChI is InChI=1S/C27H25ClN6O5S2/c1-38-32-18(21-31-26(29)41-33-21)22(35)30-19-23(36)34-14-27(12-13-28,15-40-24(19)34)25(37)39-20(16-8-4-2-5-9-16)17-10-6-3-7-11-17/h2-13,19-20,24H,14-15H2,1H3,(H,30,35)(H2,29,31,33)/t19?,24-,27?/m1/s1. The number of nitrogens with zero attached hydrogens (tertiary/aromatic N) is 4. The van der Waals surface area contributed by atoms with E-state index in [0.717, 1.165) is 22.7 Å². The number of nitrogen functional groups attached to an aromatic ring is 1. The minimum Gasteiger partial charge on any atom is -0.452 e. The maximum Gasteiger partial charge on any atom is 0.319 e. The molecule has 2 aliphatic rings. The summed E-state index contributed by atoms with van der Waals surface area (Å²) in [5, 5.41) is 6.14. The number of amides is 2. The Bertz CT molecular complexity index is 1450. The number of carbonyl (C=O) groups is 3. The molecule has 5 rings (SSSR count). The minimum atomic E-state index is -1.19. The molecule has 2 fully saturated rings. The number of carbonyl (C=O) groups excluding carboxylic acids is 3. The van der Waals surface area contributed by atoms with Crippen LogP contribution in [0.5, 0.6) is 0 Å². The Morgan fingerprint density at radius 2 is 1.85 bits per heavy atom. The molecule has 2 aliphatic heterocycles. The van der Waals surface area contributed by atoms with Gasteiger partial charge in [-0.1, -0.05) is 83.5 Å². The van der Waals surface area contributed by atoms with Crippen molar-refractivity contribution >= 4 is 63.5 Å². The topological polar surface area (TPSA) is 149 Å². The molecule has 0 aliphatic carbocycles. The number of nitrogens with two attached hydrogens (primary N) is 1. The highest BCUT2D eigenvalue weighted by molar-refractivity contribution is 8.00. The lowest BCUT2D eigenvalue weighted by Gasteiger charge is -2.53. The fraction of sp³-hybridized carbons (Fsp3) is 0.259. The van der Waals surface area contributed by atoms with Gasteiger partial charge in [-0.25, -0.2) is 0 Å². The van der Waals surface area contributed by atoms with Crippen LogP contribution in [0.3, 0.4) is 0 Å². The molecule has 212 valence electrons. The lowest BCUT2D eigenvalue weighted by Crippen LogP contribution is -2.74. The number of thioether (sulfide) groups is 1. The van der Waals surface area contributed by atoms with E-state index in [1.54, 1.807) is 6.08 Å². The van der Waals surface area contributed by atoms with Crippen LogP contribution in [-0.2, 0) is 24.0 Å². The molecule has 0 radical (unpaired) electrons. The summed E-state index contributed by atoms with van der Waals surface area (Å²) >= 11 is 8.24. The number of esters is 1. The third-order valence-electron chi connectivity index (χ3n) is 6.66. The third kappa shape index (κ3) is 5.78. The van der Waals surface area contributed by atoms with Gasteiger partial charge in [-0.3, -0.25) is 14.4 Å². The Hall–Kier alpha value is -3.94. The van der Waals surface area contributed by atoms with Gasteiger partial charge in [0.25, 0.3) is 5.91 Å². The fourth-order valence-corrected chi connectivity index (χ4v) is 6.82. The predicted octanol–water partition coefficient (Wildman–Crippen LogP) is 2.94. The predicted molar refractivity (Wildman–Crippen MR) is 156 cm³/mol. The summed E-state index contributed by atoms with van der Waals surface area (Å²) in [4.78, 5) is 50.3. The van der Waals surface area contributed by atoms with Gasteiger partial charge in [0, 0.05) is 29.4 Å². The monoisotopic (exact) mass is 612 g/mol. The largest absolute Gasteiger partial charge is 0.452 e. The van der Waals surface area contributed by atoms with Crippen LogP contribution in [0.15, 0.2) is 77.4 Å². The van der Waals surface area contributed by atoms with Crippen LogP contribution < -0.4 is 11.1 Å². The summed E-state index contributed by atoms with van der Waals surface area (Å²) in [5.74, 6) is -1.29. The number of oxime groups is 1. The second-order valence-electron chi connectivity index (χ2n) is 9.25. The SMILES string of the molecule is CON=C(C(=O)NC1C(=O)N2CC(C=CCl)(C(=O)OC(c3ccccc3)c3ccccc3)CS[C@H]12)c1nsc(N)n1. The van der Waals surface area contributed by atoms with E-state index >= 15 is 0 Å². The Kier molecular flexibility index (Phi) is 8.57. The molecule has 3 N–H and O–H groups in total. The zero-order valence-corrected chi connectivity index (χ0v) is 24.1. The summed E-state index contributed by atoms with van der Waals surface area (Å²) < 4.78 is 10.1. The number of β-lactam (4-membered cyclic amide) rings is 1. The molecule has 14 heteroatoms. The van der Waals surface area contributed by atoms with Crippen LogP contribution in [0.1, 0.15) is 23.1 Å². The van der Waals surface area contributed by atoms with Crippen molar-refractivity contribution in [2.45, 2.75) is 17.5 Å². The number of anilines is 1. The smallest absolute Gasteiger partial charge is 0.319 e. The lowest BCUT2D eigenvalue weighted by atomic mass is 9.87. The first-order chi connectivity index (χ1) is 19.9. The Morgan fingerprint density at radius 3 is 2.41 bits per heavy atom. The van der Waals surface area contributed by atoms with Crippen molar-refractivity contribution in [2.75, 3.05) is 25.1 Å². The molecule has 1 aromatic heterocycles. The number of hydrogen-bond acceptors (Lipinski definition) is 11. The lowest BCUT2D eigenvalue weighted by molar-refractivity contribution is -0.162. The normalized spacial score (nSPS) is 22.3. The summed E-state index contributed by atoms with van der Waals surface area (Å²) in [5.41, 5.74) is 7.12. The summed E-state index contributed by atoms with van der Waals surface area (Å²) in [6, 6.07) is 18.0. The number of rotatable bonds is 9. The number of nitrogens with one attached hydrogen (secondary N) is 1. The first-order valence-corrected chi connectivity index (χ1v) is 14.7. The second kappa shape index (κ2) is 12.3. The average molecular weight is 613 g/mol. The van der Waals surface area contributed by atoms with E-state index in [-0.39, 0.29) is 34.9 Å². The van der Waals surface area contributed by atoms with Crippen LogP contribution in [0.2, 0.25) is 0 Å². The van der Waals surface area contributed by atoms with Gasteiger partial charge in [-0.2, -0.15) is 9.36 Å². The molecule has 0 saturated carbocycles.